The number of nitrogens with one attached hydrogen (secondary N) is 1. The number of amidine groups is 1. The fraction of sp³-hybridized carbons (Fsp3) is 0.462. The molecule has 39 heavy (non-hydrogen) atoms. The summed E-state index contributed by atoms with van der Waals surface area (Å²) in [6, 6.07) is 1.86. The summed E-state index contributed by atoms with van der Waals surface area (Å²) >= 11 is 7.66. The van der Waals surface area contributed by atoms with Gasteiger partial charge in [0.05, 0.1) is 18.7 Å². The molecule has 2 N–H and O–H groups in total. The van der Waals surface area contributed by atoms with Gasteiger partial charge in [-0.2, -0.15) is 0 Å². The van der Waals surface area contributed by atoms with Crippen LogP contribution in [0.5, 0.6) is 0 Å². The van der Waals surface area contributed by atoms with Crippen LogP contribution in [-0.2, 0) is 14.3 Å². The Morgan fingerprint density at radius 1 is 1.33 bits per heavy atom. The minimum Gasteiger partial charge on any atom is -0.481 e. The molecule has 0 amide bonds. The third-order valence-corrected chi connectivity index (χ3v) is 8.23. The standard InChI is InChI=1S/C26H28ClF3N4O4S/c1-4-38-24(37)20-17(12-34-13-26(29,30)25(2,3)18(34)7-8-19(35)36)32-22(23-31-9-10-39-23)33-21(20)15-6-5-14(28)11-16(15)27/h5-6,9-11,18,21H,4,7-8,12-13H2,1-3H3,(H,32,33)(H,35,36)/t18-,21-/m0/s1. The molecule has 1 aromatic heterocycles. The van der Waals surface area contributed by atoms with Crippen LogP contribution in [0.2, 0.25) is 5.02 Å². The van der Waals surface area contributed by atoms with E-state index in [1.54, 1.807) is 18.5 Å². The third-order valence-electron chi connectivity index (χ3n) is 7.12. The molecule has 1 fully saturated rings. The summed E-state index contributed by atoms with van der Waals surface area (Å²) in [6.45, 7) is 3.70. The fourth-order valence-electron chi connectivity index (χ4n) is 5.01. The third kappa shape index (κ3) is 5.82. The Morgan fingerprint density at radius 2 is 2.08 bits per heavy atom. The topological polar surface area (TPSA) is 104 Å². The number of alkyl halides is 2. The highest BCUT2D eigenvalue weighted by atomic mass is 35.5. The van der Waals surface area contributed by atoms with Crippen molar-refractivity contribution in [1.82, 2.24) is 15.2 Å². The van der Waals surface area contributed by atoms with Gasteiger partial charge in [0.15, 0.2) is 10.8 Å². The molecular weight excluding hydrogens is 557 g/mol. The number of carboxylic acid groups (broad SMARTS) is 1. The predicted molar refractivity (Wildman–Crippen MR) is 141 cm³/mol. The lowest BCUT2D eigenvalue weighted by Crippen LogP contribution is -2.44. The molecule has 2 aliphatic heterocycles. The van der Waals surface area contributed by atoms with E-state index in [1.165, 1.54) is 42.2 Å². The molecule has 2 atom stereocenters. The molecule has 1 saturated heterocycles. The van der Waals surface area contributed by atoms with Gasteiger partial charge < -0.3 is 15.2 Å². The number of carbonyl (C=O) groups is 2. The van der Waals surface area contributed by atoms with Gasteiger partial charge in [-0.15, -0.1) is 11.3 Å². The monoisotopic (exact) mass is 584 g/mol. The number of nitrogens with zero attached hydrogens (tertiary/aromatic N) is 3. The second-order valence-electron chi connectivity index (χ2n) is 9.90. The van der Waals surface area contributed by atoms with E-state index in [2.05, 4.69) is 15.3 Å². The summed E-state index contributed by atoms with van der Waals surface area (Å²) in [5.41, 5.74) is -0.930. The van der Waals surface area contributed by atoms with Crippen molar-refractivity contribution in [3.63, 3.8) is 0 Å². The van der Waals surface area contributed by atoms with Gasteiger partial charge in [-0.3, -0.25) is 14.7 Å². The number of rotatable bonds is 9. The van der Waals surface area contributed by atoms with E-state index < -0.39 is 47.7 Å². The van der Waals surface area contributed by atoms with Crippen LogP contribution in [0, 0.1) is 11.2 Å². The van der Waals surface area contributed by atoms with Crippen LogP contribution >= 0.6 is 22.9 Å². The van der Waals surface area contributed by atoms with Crippen molar-refractivity contribution in [1.29, 1.82) is 0 Å². The van der Waals surface area contributed by atoms with E-state index in [4.69, 9.17) is 16.3 Å². The van der Waals surface area contributed by atoms with E-state index in [0.717, 1.165) is 6.07 Å². The first-order valence-electron chi connectivity index (χ1n) is 12.3. The number of hydrogen-bond acceptors (Lipinski definition) is 8. The lowest BCUT2D eigenvalue weighted by atomic mass is 9.79. The van der Waals surface area contributed by atoms with Gasteiger partial charge in [-0.05, 0) is 25.5 Å². The molecule has 0 spiro atoms. The lowest BCUT2D eigenvalue weighted by Gasteiger charge is -2.35. The number of thiazole rings is 1. The first-order chi connectivity index (χ1) is 18.4. The van der Waals surface area contributed by atoms with Crippen LogP contribution in [-0.4, -0.2) is 64.4 Å². The second-order valence-corrected chi connectivity index (χ2v) is 11.2. The maximum atomic E-state index is 15.2. The maximum Gasteiger partial charge on any atom is 0.338 e. The number of aliphatic carboxylic acids is 1. The number of esters is 1. The molecule has 0 aliphatic carbocycles. The SMILES string of the molecule is CCOC(=O)C1=C(CN2CC(F)(F)C(C)(C)[C@@H]2CCC(=O)O)NC(c2nccs2)=N[C@H]1c1ccc(F)cc1Cl. The van der Waals surface area contributed by atoms with Crippen LogP contribution in [0.25, 0.3) is 0 Å². The number of carbonyl (C=O) groups excluding carboxylic acids is 1. The Balaban J connectivity index is 1.84. The molecule has 2 aromatic rings. The molecule has 13 heteroatoms. The van der Waals surface area contributed by atoms with E-state index in [1.807, 2.05) is 0 Å². The Labute approximate surface area is 232 Å². The average Bonchev–Trinajstić information content (AvgIpc) is 3.43. The Kier molecular flexibility index (Phi) is 8.38. The van der Waals surface area contributed by atoms with Crippen LogP contribution in [0.3, 0.4) is 0 Å². The Bertz CT molecular complexity index is 1320. The fourth-order valence-corrected chi connectivity index (χ4v) is 5.87. The highest BCUT2D eigenvalue weighted by molar-refractivity contribution is 7.11. The molecule has 3 heterocycles. The summed E-state index contributed by atoms with van der Waals surface area (Å²) in [4.78, 5) is 35.1. The number of aromatic nitrogens is 1. The van der Waals surface area contributed by atoms with Crippen molar-refractivity contribution < 1.29 is 32.6 Å². The van der Waals surface area contributed by atoms with E-state index in [9.17, 15) is 19.1 Å². The molecule has 0 unspecified atom stereocenters. The Morgan fingerprint density at radius 3 is 2.69 bits per heavy atom. The summed E-state index contributed by atoms with van der Waals surface area (Å²) in [6.07, 6.45) is 1.26. The summed E-state index contributed by atoms with van der Waals surface area (Å²) in [5, 5.41) is 14.6. The number of carboxylic acids is 1. The van der Waals surface area contributed by atoms with E-state index in [0.29, 0.717) is 10.6 Å². The zero-order valence-corrected chi connectivity index (χ0v) is 23.1. The number of hydrogen-bond donors (Lipinski definition) is 2. The van der Waals surface area contributed by atoms with Crippen molar-refractivity contribution in [2.45, 2.75) is 51.6 Å². The van der Waals surface area contributed by atoms with Crippen LogP contribution in [0.1, 0.15) is 50.2 Å². The summed E-state index contributed by atoms with van der Waals surface area (Å²) in [7, 11) is 0. The van der Waals surface area contributed by atoms with Gasteiger partial charge in [-0.1, -0.05) is 31.5 Å². The van der Waals surface area contributed by atoms with Gasteiger partial charge in [0.1, 0.15) is 11.9 Å². The lowest BCUT2D eigenvalue weighted by molar-refractivity contribution is -0.139. The number of aliphatic imine (C=N–C) groups is 1. The minimum atomic E-state index is -3.12. The smallest absolute Gasteiger partial charge is 0.338 e. The number of ether oxygens (including phenoxy) is 1. The van der Waals surface area contributed by atoms with Crippen molar-refractivity contribution in [2.75, 3.05) is 19.7 Å². The second kappa shape index (κ2) is 11.3. The quantitative estimate of drug-likeness (QED) is 0.397. The van der Waals surface area contributed by atoms with Gasteiger partial charge in [-0.25, -0.2) is 22.9 Å². The molecule has 1 aromatic carbocycles. The molecule has 0 saturated carbocycles. The number of halogens is 4. The molecule has 8 nitrogen and oxygen atoms in total. The van der Waals surface area contributed by atoms with E-state index >= 15 is 8.78 Å². The predicted octanol–water partition coefficient (Wildman–Crippen LogP) is 5.05. The van der Waals surface area contributed by atoms with Crippen molar-refractivity contribution in [2.24, 2.45) is 10.4 Å². The highest BCUT2D eigenvalue weighted by Crippen LogP contribution is 2.49. The largest absolute Gasteiger partial charge is 0.481 e. The molecule has 4 rings (SSSR count). The first kappa shape index (κ1) is 29.0. The van der Waals surface area contributed by atoms with Crippen molar-refractivity contribution in [3.8, 4) is 0 Å². The van der Waals surface area contributed by atoms with Crippen LogP contribution < -0.4 is 5.32 Å². The van der Waals surface area contributed by atoms with Crippen LogP contribution in [0.4, 0.5) is 13.2 Å². The van der Waals surface area contributed by atoms with Crippen molar-refractivity contribution in [3.05, 3.63) is 62.5 Å². The van der Waals surface area contributed by atoms with Crippen molar-refractivity contribution >= 4 is 40.7 Å². The molecule has 0 bridgehead atoms. The zero-order chi connectivity index (χ0) is 28.5. The zero-order valence-electron chi connectivity index (χ0n) is 21.5. The van der Waals surface area contributed by atoms with Crippen LogP contribution in [0.15, 0.2) is 46.0 Å². The molecular formula is C26H28ClF3N4O4S. The normalized spacial score (nSPS) is 22.4. The molecule has 0 radical (unpaired) electrons. The summed E-state index contributed by atoms with van der Waals surface area (Å²) in [5.74, 6) is -5.24. The maximum absolute atomic E-state index is 15.2. The van der Waals surface area contributed by atoms with Gasteiger partial charge in [0, 0.05) is 52.3 Å². The minimum absolute atomic E-state index is 0.0133. The van der Waals surface area contributed by atoms with Gasteiger partial charge >= 0.3 is 11.9 Å². The Hall–Kier alpha value is -2.96. The molecule has 2 aliphatic rings. The average molecular weight is 585 g/mol. The first-order valence-corrected chi connectivity index (χ1v) is 13.5. The molecule has 210 valence electrons. The highest BCUT2D eigenvalue weighted by Gasteiger charge is 2.60. The van der Waals surface area contributed by atoms with Gasteiger partial charge in [0.2, 0.25) is 0 Å². The summed E-state index contributed by atoms with van der Waals surface area (Å²) < 4.78 is 49.6. The number of benzene rings is 1. The van der Waals surface area contributed by atoms with Gasteiger partial charge in [0.25, 0.3) is 5.92 Å². The van der Waals surface area contributed by atoms with E-state index in [-0.39, 0.29) is 48.1 Å². The number of likely N-dealkylation sites (tertiary alicyclic amines) is 1.